The molecule has 4 rings (SSSR count). The maximum absolute atomic E-state index is 12.4. The molecule has 28 heavy (non-hydrogen) atoms. The first kappa shape index (κ1) is 18.5. The predicted octanol–water partition coefficient (Wildman–Crippen LogP) is 3.18. The maximum atomic E-state index is 12.4. The average molecular weight is 400 g/mol. The molecule has 3 aromatic rings. The van der Waals surface area contributed by atoms with Gasteiger partial charge in [-0.3, -0.25) is 4.79 Å². The summed E-state index contributed by atoms with van der Waals surface area (Å²) >= 11 is 1.05. The molecule has 1 unspecified atom stereocenters. The van der Waals surface area contributed by atoms with Gasteiger partial charge < -0.3 is 19.6 Å². The fourth-order valence-electron chi connectivity index (χ4n) is 3.51. The van der Waals surface area contributed by atoms with E-state index in [1.165, 1.54) is 0 Å². The Balaban J connectivity index is 1.54. The van der Waals surface area contributed by atoms with E-state index in [2.05, 4.69) is 16.9 Å². The van der Waals surface area contributed by atoms with E-state index in [-0.39, 0.29) is 16.4 Å². The standard InChI is InChI=1S/C20H20N2O5S/c1-10(7-12-3-4-13-14(9-12)27-6-5-26-13)8-15-21-18(23)16-11(2)17(20(24)25)28-19(16)22-15/h3-4,9-10H,5-8H2,1-2H3,(H,24,25)(H,21,22,23). The number of aromatic carboxylic acids is 1. The zero-order valence-electron chi connectivity index (χ0n) is 15.6. The van der Waals surface area contributed by atoms with E-state index in [9.17, 15) is 14.7 Å². The van der Waals surface area contributed by atoms with Crippen LogP contribution in [0.5, 0.6) is 11.5 Å². The monoisotopic (exact) mass is 400 g/mol. The summed E-state index contributed by atoms with van der Waals surface area (Å²) in [5.74, 6) is 1.29. The highest BCUT2D eigenvalue weighted by Gasteiger charge is 2.19. The van der Waals surface area contributed by atoms with Gasteiger partial charge in [-0.2, -0.15) is 0 Å². The van der Waals surface area contributed by atoms with Gasteiger partial charge in [0.1, 0.15) is 28.7 Å². The van der Waals surface area contributed by atoms with Gasteiger partial charge in [0, 0.05) is 6.42 Å². The third kappa shape index (κ3) is 3.47. The second kappa shape index (κ2) is 7.27. The first-order chi connectivity index (χ1) is 13.4. The van der Waals surface area contributed by atoms with Crippen LogP contribution in [0, 0.1) is 12.8 Å². The molecule has 0 aliphatic carbocycles. The zero-order valence-corrected chi connectivity index (χ0v) is 16.4. The molecular weight excluding hydrogens is 380 g/mol. The van der Waals surface area contributed by atoms with Crippen molar-refractivity contribution >= 4 is 27.5 Å². The van der Waals surface area contributed by atoms with E-state index in [4.69, 9.17) is 9.47 Å². The van der Waals surface area contributed by atoms with Crippen LogP contribution in [0.25, 0.3) is 10.2 Å². The lowest BCUT2D eigenvalue weighted by atomic mass is 9.97. The SMILES string of the molecule is Cc1c(C(=O)O)sc2nc(CC(C)Cc3ccc4c(c3)OCCO4)[nH]c(=O)c12. The smallest absolute Gasteiger partial charge is 0.346 e. The van der Waals surface area contributed by atoms with Crippen LogP contribution in [0.2, 0.25) is 0 Å². The molecular formula is C20H20N2O5S. The molecule has 1 atom stereocenters. The van der Waals surface area contributed by atoms with Crippen LogP contribution in [0.1, 0.15) is 33.5 Å². The third-order valence-electron chi connectivity index (χ3n) is 4.78. The summed E-state index contributed by atoms with van der Waals surface area (Å²) in [6.07, 6.45) is 1.38. The Morgan fingerprint density at radius 1 is 1.29 bits per heavy atom. The van der Waals surface area contributed by atoms with E-state index < -0.39 is 5.97 Å². The van der Waals surface area contributed by atoms with Crippen molar-refractivity contribution in [2.75, 3.05) is 13.2 Å². The summed E-state index contributed by atoms with van der Waals surface area (Å²) in [6.45, 7) is 4.85. The minimum Gasteiger partial charge on any atom is -0.486 e. The van der Waals surface area contributed by atoms with Crippen molar-refractivity contribution in [3.05, 3.63) is 50.4 Å². The van der Waals surface area contributed by atoms with Gasteiger partial charge in [0.15, 0.2) is 11.5 Å². The van der Waals surface area contributed by atoms with Crippen LogP contribution >= 0.6 is 11.3 Å². The van der Waals surface area contributed by atoms with E-state index in [1.807, 2.05) is 18.2 Å². The molecule has 2 N–H and O–H groups in total. The van der Waals surface area contributed by atoms with Crippen LogP contribution in [0.4, 0.5) is 0 Å². The number of carboxylic acid groups (broad SMARTS) is 1. The molecule has 2 aromatic heterocycles. The number of aromatic amines is 1. The molecule has 7 nitrogen and oxygen atoms in total. The highest BCUT2D eigenvalue weighted by atomic mass is 32.1. The molecule has 3 heterocycles. The largest absolute Gasteiger partial charge is 0.486 e. The van der Waals surface area contributed by atoms with Crippen molar-refractivity contribution in [3.8, 4) is 11.5 Å². The van der Waals surface area contributed by atoms with Crippen LogP contribution in [0.3, 0.4) is 0 Å². The minimum absolute atomic E-state index is 0.162. The van der Waals surface area contributed by atoms with Gasteiger partial charge in [0.2, 0.25) is 0 Å². The second-order valence-electron chi connectivity index (χ2n) is 7.05. The molecule has 146 valence electrons. The van der Waals surface area contributed by atoms with Gasteiger partial charge in [0.05, 0.1) is 5.39 Å². The molecule has 0 saturated carbocycles. The summed E-state index contributed by atoms with van der Waals surface area (Å²) in [4.78, 5) is 31.7. The van der Waals surface area contributed by atoms with E-state index >= 15 is 0 Å². The molecule has 0 bridgehead atoms. The van der Waals surface area contributed by atoms with Crippen LogP contribution in [0.15, 0.2) is 23.0 Å². The lowest BCUT2D eigenvalue weighted by molar-refractivity contribution is 0.0701. The Bertz CT molecular complexity index is 1120. The highest BCUT2D eigenvalue weighted by Crippen LogP contribution is 2.32. The second-order valence-corrected chi connectivity index (χ2v) is 8.04. The minimum atomic E-state index is -1.03. The van der Waals surface area contributed by atoms with E-state index in [0.717, 1.165) is 34.8 Å². The summed E-state index contributed by atoms with van der Waals surface area (Å²) in [7, 11) is 0. The van der Waals surface area contributed by atoms with Crippen molar-refractivity contribution in [1.29, 1.82) is 0 Å². The number of aromatic nitrogens is 2. The Morgan fingerprint density at radius 3 is 2.79 bits per heavy atom. The number of ether oxygens (including phenoxy) is 2. The number of nitrogens with zero attached hydrogens (tertiary/aromatic N) is 1. The molecule has 1 aromatic carbocycles. The fraction of sp³-hybridized carbons (Fsp3) is 0.350. The number of hydrogen-bond acceptors (Lipinski definition) is 6. The van der Waals surface area contributed by atoms with Gasteiger partial charge in [-0.1, -0.05) is 13.0 Å². The molecule has 8 heteroatoms. The number of thiophene rings is 1. The van der Waals surface area contributed by atoms with Crippen molar-refractivity contribution < 1.29 is 19.4 Å². The lowest BCUT2D eigenvalue weighted by Gasteiger charge is -2.19. The van der Waals surface area contributed by atoms with Gasteiger partial charge >= 0.3 is 5.97 Å². The maximum Gasteiger partial charge on any atom is 0.346 e. The van der Waals surface area contributed by atoms with E-state index in [1.54, 1.807) is 6.92 Å². The topological polar surface area (TPSA) is 102 Å². The fourth-order valence-corrected chi connectivity index (χ4v) is 4.55. The number of carboxylic acids is 1. The van der Waals surface area contributed by atoms with Gasteiger partial charge in [-0.25, -0.2) is 9.78 Å². The number of nitrogens with one attached hydrogen (secondary N) is 1. The summed E-state index contributed by atoms with van der Waals surface area (Å²) < 4.78 is 11.2. The van der Waals surface area contributed by atoms with Gasteiger partial charge in [-0.15, -0.1) is 11.3 Å². The average Bonchev–Trinajstić information content (AvgIpc) is 2.98. The number of rotatable bonds is 5. The quantitative estimate of drug-likeness (QED) is 0.682. The van der Waals surface area contributed by atoms with E-state index in [0.29, 0.717) is 41.2 Å². The first-order valence-corrected chi connectivity index (χ1v) is 9.88. The molecule has 0 fully saturated rings. The molecule has 1 aliphatic heterocycles. The molecule has 0 amide bonds. The highest BCUT2D eigenvalue weighted by molar-refractivity contribution is 7.20. The lowest BCUT2D eigenvalue weighted by Crippen LogP contribution is -2.16. The zero-order chi connectivity index (χ0) is 19.8. The Kier molecular flexibility index (Phi) is 4.80. The Labute approximate surface area is 165 Å². The third-order valence-corrected chi connectivity index (χ3v) is 5.95. The number of hydrogen-bond donors (Lipinski definition) is 2. The normalized spacial score (nSPS) is 14.2. The van der Waals surface area contributed by atoms with Crippen molar-refractivity contribution in [3.63, 3.8) is 0 Å². The van der Waals surface area contributed by atoms with Crippen LogP contribution in [-0.4, -0.2) is 34.3 Å². The Morgan fingerprint density at radius 2 is 2.04 bits per heavy atom. The van der Waals surface area contributed by atoms with Gasteiger partial charge in [-0.05, 0) is 42.5 Å². The molecule has 0 spiro atoms. The van der Waals surface area contributed by atoms with Crippen LogP contribution in [-0.2, 0) is 12.8 Å². The Hall–Kier alpha value is -2.87. The molecule has 1 aliphatic rings. The van der Waals surface area contributed by atoms with Crippen molar-refractivity contribution in [2.24, 2.45) is 5.92 Å². The summed E-state index contributed by atoms with van der Waals surface area (Å²) in [5.41, 5.74) is 1.31. The number of aryl methyl sites for hydroxylation is 1. The number of benzene rings is 1. The predicted molar refractivity (Wildman–Crippen MR) is 106 cm³/mol. The van der Waals surface area contributed by atoms with Crippen molar-refractivity contribution in [1.82, 2.24) is 9.97 Å². The van der Waals surface area contributed by atoms with Gasteiger partial charge in [0.25, 0.3) is 5.56 Å². The number of fused-ring (bicyclic) bond motifs is 2. The first-order valence-electron chi connectivity index (χ1n) is 9.06. The number of H-pyrrole nitrogens is 1. The molecule has 0 radical (unpaired) electrons. The van der Waals surface area contributed by atoms with Crippen molar-refractivity contribution in [2.45, 2.75) is 26.7 Å². The van der Waals surface area contributed by atoms with Crippen LogP contribution < -0.4 is 15.0 Å². The summed E-state index contributed by atoms with van der Waals surface area (Å²) in [6, 6.07) is 5.93. The molecule has 0 saturated heterocycles. The summed E-state index contributed by atoms with van der Waals surface area (Å²) in [5, 5.41) is 9.64. The number of carbonyl (C=O) groups is 1.